The van der Waals surface area contributed by atoms with Gasteiger partial charge in [-0.25, -0.2) is 19.3 Å². The van der Waals surface area contributed by atoms with E-state index in [1.54, 1.807) is 54.9 Å². The van der Waals surface area contributed by atoms with Gasteiger partial charge in [-0.15, -0.1) is 6.58 Å². The van der Waals surface area contributed by atoms with Gasteiger partial charge in [-0.1, -0.05) is 12.1 Å². The number of nitrogens with one attached hydrogen (secondary N) is 2. The molecule has 9 rings (SSSR count). The van der Waals surface area contributed by atoms with Crippen LogP contribution in [0.4, 0.5) is 23.0 Å². The minimum atomic E-state index is -1.18. The molecule has 0 aliphatic carbocycles. The lowest BCUT2D eigenvalue weighted by atomic mass is 10.0. The lowest BCUT2D eigenvalue weighted by Crippen LogP contribution is -2.54. The standard InChI is InChI=1S/C44H47N11O6/c1-4-18-53-40(58)33-26-45-43(49-38(33)55(53)36-7-5-6-35(47-36)44(2,3)61)46-27-8-10-28(11-9-27)50-19-16-29(17-20-50)51-21-23-52(24-22-51)30-12-13-31-32(25-30)42(60)54(41(31)59)34-14-15-37(56)48-39(34)57/h4-13,25-26,29,34,61H,1,14-24H2,2-3H3,(H,45,46,49)(H,48,56,57). The molecule has 7 heterocycles. The van der Waals surface area contributed by atoms with Crippen LogP contribution in [-0.4, -0.2) is 114 Å². The second-order valence-electron chi connectivity index (χ2n) is 16.4. The molecule has 17 heteroatoms. The van der Waals surface area contributed by atoms with Crippen molar-refractivity contribution in [1.82, 2.24) is 39.4 Å². The lowest BCUT2D eigenvalue weighted by molar-refractivity contribution is -0.136. The summed E-state index contributed by atoms with van der Waals surface area (Å²) in [4.78, 5) is 86.1. The summed E-state index contributed by atoms with van der Waals surface area (Å²) in [6, 6.07) is 18.2. The number of anilines is 4. The Morgan fingerprint density at radius 3 is 2.26 bits per heavy atom. The number of fused-ring (bicyclic) bond motifs is 2. The van der Waals surface area contributed by atoms with Gasteiger partial charge in [0.05, 0.1) is 23.4 Å². The fourth-order valence-electron chi connectivity index (χ4n) is 8.87. The van der Waals surface area contributed by atoms with E-state index in [-0.39, 0.29) is 30.5 Å². The molecule has 4 amide bonds. The van der Waals surface area contributed by atoms with Gasteiger partial charge >= 0.3 is 0 Å². The van der Waals surface area contributed by atoms with Gasteiger partial charge < -0.3 is 20.2 Å². The van der Waals surface area contributed by atoms with Gasteiger partial charge in [0.2, 0.25) is 17.8 Å². The Kier molecular flexibility index (Phi) is 10.2. The first-order chi connectivity index (χ1) is 29.4. The third-order valence-electron chi connectivity index (χ3n) is 12.1. The van der Waals surface area contributed by atoms with Crippen LogP contribution < -0.4 is 26.0 Å². The molecule has 61 heavy (non-hydrogen) atoms. The van der Waals surface area contributed by atoms with Gasteiger partial charge in [0, 0.05) is 75.0 Å². The third kappa shape index (κ3) is 7.43. The van der Waals surface area contributed by atoms with Crippen LogP contribution in [0, 0.1) is 0 Å². The number of hydrogen-bond donors (Lipinski definition) is 3. The number of carbonyl (C=O) groups excluding carboxylic acids is 4. The zero-order valence-corrected chi connectivity index (χ0v) is 34.1. The number of hydrogen-bond acceptors (Lipinski definition) is 13. The van der Waals surface area contributed by atoms with Crippen LogP contribution in [0.25, 0.3) is 16.9 Å². The predicted molar refractivity (Wildman–Crippen MR) is 228 cm³/mol. The van der Waals surface area contributed by atoms with E-state index < -0.39 is 35.3 Å². The maximum absolute atomic E-state index is 13.4. The van der Waals surface area contributed by atoms with Crippen LogP contribution in [0.15, 0.2) is 84.3 Å². The molecule has 3 fully saturated rings. The van der Waals surface area contributed by atoms with Crippen LogP contribution in [0.2, 0.25) is 0 Å². The number of benzene rings is 2. The van der Waals surface area contributed by atoms with Crippen LogP contribution in [0.1, 0.15) is 65.9 Å². The van der Waals surface area contributed by atoms with E-state index >= 15 is 0 Å². The zero-order valence-electron chi connectivity index (χ0n) is 34.1. The first-order valence-corrected chi connectivity index (χ1v) is 20.6. The predicted octanol–water partition coefficient (Wildman–Crippen LogP) is 3.33. The molecule has 1 atom stereocenters. The maximum Gasteiger partial charge on any atom is 0.278 e. The number of nitrogens with zero attached hydrogens (tertiary/aromatic N) is 9. The van der Waals surface area contributed by atoms with Gasteiger partial charge in [-0.2, -0.15) is 4.98 Å². The van der Waals surface area contributed by atoms with Crippen LogP contribution in [0.5, 0.6) is 0 Å². The summed E-state index contributed by atoms with van der Waals surface area (Å²) in [5.74, 6) is -1.25. The van der Waals surface area contributed by atoms with Crippen LogP contribution >= 0.6 is 0 Å². The first-order valence-electron chi connectivity index (χ1n) is 20.6. The molecule has 0 saturated carbocycles. The fourth-order valence-corrected chi connectivity index (χ4v) is 8.87. The molecule has 314 valence electrons. The molecular formula is C44H47N11O6. The van der Waals surface area contributed by atoms with Gasteiger partial charge in [-0.3, -0.25) is 39.1 Å². The first kappa shape index (κ1) is 39.7. The second-order valence-corrected chi connectivity index (χ2v) is 16.4. The normalized spacial score (nSPS) is 19.1. The number of pyridine rings is 1. The van der Waals surface area contributed by atoms with Crippen LogP contribution in [-0.2, 0) is 21.7 Å². The summed E-state index contributed by atoms with van der Waals surface area (Å²) in [6.07, 6.45) is 5.41. The molecule has 3 N–H and O–H groups in total. The number of aliphatic hydroxyl groups is 1. The molecule has 3 saturated heterocycles. The molecule has 3 aromatic heterocycles. The minimum Gasteiger partial charge on any atom is -0.384 e. The van der Waals surface area contributed by atoms with Crippen molar-refractivity contribution in [3.05, 3.63) is 107 Å². The van der Waals surface area contributed by atoms with Crippen LogP contribution in [0.3, 0.4) is 0 Å². The van der Waals surface area contributed by atoms with E-state index in [2.05, 4.69) is 54.0 Å². The number of piperazine rings is 1. The highest BCUT2D eigenvalue weighted by Crippen LogP contribution is 2.32. The van der Waals surface area contributed by atoms with E-state index in [4.69, 9.17) is 4.98 Å². The number of piperidine rings is 2. The Morgan fingerprint density at radius 2 is 1.56 bits per heavy atom. The smallest absolute Gasteiger partial charge is 0.278 e. The summed E-state index contributed by atoms with van der Waals surface area (Å²) in [5.41, 5.74) is 2.75. The van der Waals surface area contributed by atoms with E-state index in [0.717, 1.165) is 74.1 Å². The minimum absolute atomic E-state index is 0.0848. The van der Waals surface area contributed by atoms with E-state index in [9.17, 15) is 29.1 Å². The second kappa shape index (κ2) is 15.7. The zero-order chi connectivity index (χ0) is 42.6. The third-order valence-corrected chi connectivity index (χ3v) is 12.1. The summed E-state index contributed by atoms with van der Waals surface area (Å²) < 4.78 is 3.13. The number of amides is 4. The van der Waals surface area contributed by atoms with Gasteiger partial charge in [-0.05, 0) is 87.7 Å². The maximum atomic E-state index is 13.4. The quantitative estimate of drug-likeness (QED) is 0.138. The molecule has 17 nitrogen and oxygen atoms in total. The molecule has 5 aromatic rings. The number of aromatic nitrogens is 5. The van der Waals surface area contributed by atoms with Crippen molar-refractivity contribution in [2.75, 3.05) is 54.4 Å². The lowest BCUT2D eigenvalue weighted by Gasteiger charge is -2.44. The van der Waals surface area contributed by atoms with E-state index in [1.807, 2.05) is 18.2 Å². The molecule has 0 bridgehead atoms. The highest BCUT2D eigenvalue weighted by molar-refractivity contribution is 6.23. The van der Waals surface area contributed by atoms with E-state index in [0.29, 0.717) is 40.1 Å². The van der Waals surface area contributed by atoms with Crippen molar-refractivity contribution >= 4 is 57.7 Å². The average molecular weight is 826 g/mol. The average Bonchev–Trinajstić information content (AvgIpc) is 3.68. The fraction of sp³-hybridized carbons (Fsp3) is 0.364. The monoisotopic (exact) mass is 825 g/mol. The van der Waals surface area contributed by atoms with E-state index in [1.165, 1.54) is 10.9 Å². The van der Waals surface area contributed by atoms with Crippen molar-refractivity contribution in [2.24, 2.45) is 0 Å². The number of rotatable bonds is 10. The molecule has 0 spiro atoms. The SMILES string of the molecule is C=CCn1c(=O)c2cnc(Nc3ccc(N4CCC(N5CCN(c6ccc7c(c6)C(=O)N(C6CCC(=O)NC6=O)C7=O)CC5)CC4)cc3)nc2n1-c1cccc(C(C)(C)O)n1. The highest BCUT2D eigenvalue weighted by Gasteiger charge is 2.45. The molecule has 2 aromatic carbocycles. The molecule has 0 radical (unpaired) electrons. The molecule has 4 aliphatic rings. The summed E-state index contributed by atoms with van der Waals surface area (Å²) >= 11 is 0. The Bertz CT molecular complexity index is 2630. The largest absolute Gasteiger partial charge is 0.384 e. The molecule has 4 aliphatic heterocycles. The summed E-state index contributed by atoms with van der Waals surface area (Å²) in [5, 5.41) is 16.5. The topological polar surface area (TPSA) is 191 Å². The molecular weight excluding hydrogens is 779 g/mol. The van der Waals surface area contributed by atoms with Gasteiger partial charge in [0.1, 0.15) is 17.0 Å². The Hall–Kier alpha value is -6.72. The number of carbonyl (C=O) groups is 4. The van der Waals surface area contributed by atoms with Crippen molar-refractivity contribution in [3.63, 3.8) is 0 Å². The number of allylic oxidation sites excluding steroid dienone is 1. The van der Waals surface area contributed by atoms with Gasteiger partial charge in [0.25, 0.3) is 17.4 Å². The summed E-state index contributed by atoms with van der Waals surface area (Å²) in [6.45, 7) is 12.5. The van der Waals surface area contributed by atoms with Gasteiger partial charge in [0.15, 0.2) is 11.5 Å². The van der Waals surface area contributed by atoms with Crippen molar-refractivity contribution in [2.45, 2.75) is 63.8 Å². The Balaban J connectivity index is 0.806. The van der Waals surface area contributed by atoms with Crippen molar-refractivity contribution in [3.8, 4) is 5.82 Å². The Labute approximate surface area is 351 Å². The Morgan fingerprint density at radius 1 is 0.852 bits per heavy atom. The van der Waals surface area contributed by atoms with Crippen molar-refractivity contribution in [1.29, 1.82) is 0 Å². The number of imide groups is 2. The molecule has 1 unspecified atom stereocenters. The van der Waals surface area contributed by atoms with Crippen molar-refractivity contribution < 1.29 is 24.3 Å². The highest BCUT2D eigenvalue weighted by atomic mass is 16.3. The summed E-state index contributed by atoms with van der Waals surface area (Å²) in [7, 11) is 0.